The van der Waals surface area contributed by atoms with Gasteiger partial charge < -0.3 is 19.3 Å². The lowest BCUT2D eigenvalue weighted by atomic mass is 9.59. The molecule has 8 nitrogen and oxygen atoms in total. The second-order valence-electron chi connectivity index (χ2n) is 14.2. The van der Waals surface area contributed by atoms with Crippen LogP contribution in [-0.4, -0.2) is 56.8 Å². The minimum Gasteiger partial charge on any atom is -0.450 e. The van der Waals surface area contributed by atoms with E-state index in [1.807, 2.05) is 63.3 Å². The standard InChI is InChI=1S/C34H40N2O6/c1-18-15-33-19(2)13-24-25(31(24,3)4)22(27(33)37)14-21-17-40-32(5,6)42-29(21)34(33,39)28(18)41-30(38)26-23(16-35-36(26)7)20-11-9-8-10-12-20/h8-12,14-16,19,22,24-25,28-29,39H,13,17H2,1-7H3/t19-,22+,24-,25+,28+,29-,33+,34-/m1/s1. The highest BCUT2D eigenvalue weighted by Crippen LogP contribution is 2.72. The Labute approximate surface area is 246 Å². The van der Waals surface area contributed by atoms with Crippen molar-refractivity contribution in [1.82, 2.24) is 9.78 Å². The van der Waals surface area contributed by atoms with E-state index in [1.165, 1.54) is 4.68 Å². The van der Waals surface area contributed by atoms with Crippen molar-refractivity contribution in [1.29, 1.82) is 0 Å². The summed E-state index contributed by atoms with van der Waals surface area (Å²) in [5, 5.41) is 17.6. The molecule has 7 rings (SSSR count). The third-order valence-electron chi connectivity index (χ3n) is 11.1. The molecule has 0 unspecified atom stereocenters. The zero-order valence-electron chi connectivity index (χ0n) is 25.4. The molecule has 222 valence electrons. The summed E-state index contributed by atoms with van der Waals surface area (Å²) in [7, 11) is 1.70. The molecular formula is C34H40N2O6. The van der Waals surface area contributed by atoms with Gasteiger partial charge in [0.05, 0.1) is 18.2 Å². The molecular weight excluding hydrogens is 532 g/mol. The summed E-state index contributed by atoms with van der Waals surface area (Å²) in [6, 6.07) is 9.54. The highest BCUT2D eigenvalue weighted by Gasteiger charge is 2.77. The van der Waals surface area contributed by atoms with E-state index in [-0.39, 0.29) is 41.3 Å². The molecule has 0 radical (unpaired) electrons. The van der Waals surface area contributed by atoms with E-state index in [2.05, 4.69) is 25.9 Å². The number of fused-ring (bicyclic) bond motifs is 5. The largest absolute Gasteiger partial charge is 0.450 e. The number of hydrogen-bond acceptors (Lipinski definition) is 7. The number of aromatic nitrogens is 2. The number of aliphatic hydroxyl groups is 1. The number of aryl methyl sites for hydroxylation is 1. The van der Waals surface area contributed by atoms with Crippen LogP contribution in [0.2, 0.25) is 0 Å². The first-order valence-electron chi connectivity index (χ1n) is 15.0. The van der Waals surface area contributed by atoms with Crippen LogP contribution in [0, 0.1) is 34.5 Å². The molecule has 2 saturated carbocycles. The van der Waals surface area contributed by atoms with E-state index in [4.69, 9.17) is 14.2 Å². The van der Waals surface area contributed by atoms with Crippen LogP contribution in [-0.2, 0) is 26.1 Å². The molecule has 2 aromatic rings. The van der Waals surface area contributed by atoms with Crippen molar-refractivity contribution < 1.29 is 28.9 Å². The molecule has 4 aliphatic carbocycles. The maximum atomic E-state index is 14.9. The summed E-state index contributed by atoms with van der Waals surface area (Å²) in [6.07, 6.45) is 4.35. The van der Waals surface area contributed by atoms with Crippen molar-refractivity contribution in [2.24, 2.45) is 41.5 Å². The van der Waals surface area contributed by atoms with Gasteiger partial charge >= 0.3 is 5.97 Å². The minimum atomic E-state index is -1.86. The number of esters is 1. The number of nitrogens with zero attached hydrogens (tertiary/aromatic N) is 2. The second kappa shape index (κ2) is 8.74. The summed E-state index contributed by atoms with van der Waals surface area (Å²) in [5.41, 5.74) is 0.000898. The number of ether oxygens (including phenoxy) is 3. The number of benzene rings is 1. The SMILES string of the molecule is CC1=C[C@]23C(=O)[C@@H](C=C4COC(C)(C)O[C@H]4[C@]2(O)[C@H]1OC(=O)c1c(-c2ccccc2)cnn1C)[C@H]1[C@@H](C[C@H]3C)C1(C)C. The number of hydrogen-bond donors (Lipinski definition) is 1. The zero-order valence-corrected chi connectivity index (χ0v) is 25.4. The molecule has 1 aromatic carbocycles. The fraction of sp³-hybridized carbons (Fsp3) is 0.559. The van der Waals surface area contributed by atoms with Gasteiger partial charge in [0.15, 0.2) is 29.0 Å². The maximum absolute atomic E-state index is 14.9. The molecule has 5 aliphatic rings. The van der Waals surface area contributed by atoms with Gasteiger partial charge in [-0.05, 0) is 67.1 Å². The van der Waals surface area contributed by atoms with Gasteiger partial charge in [-0.1, -0.05) is 63.3 Å². The van der Waals surface area contributed by atoms with Gasteiger partial charge in [0.1, 0.15) is 6.10 Å². The van der Waals surface area contributed by atoms with E-state index < -0.39 is 35.0 Å². The number of ketones is 1. The fourth-order valence-corrected chi connectivity index (χ4v) is 8.97. The highest BCUT2D eigenvalue weighted by atomic mass is 16.7. The smallest absolute Gasteiger partial charge is 0.357 e. The van der Waals surface area contributed by atoms with Crippen molar-refractivity contribution in [3.63, 3.8) is 0 Å². The van der Waals surface area contributed by atoms with Gasteiger partial charge in [-0.15, -0.1) is 0 Å². The molecule has 42 heavy (non-hydrogen) atoms. The number of carbonyl (C=O) groups excluding carboxylic acids is 2. The summed E-state index contributed by atoms with van der Waals surface area (Å²) in [6.45, 7) is 12.2. The maximum Gasteiger partial charge on any atom is 0.357 e. The topological polar surface area (TPSA) is 99.9 Å². The van der Waals surface area contributed by atoms with Gasteiger partial charge in [0, 0.05) is 18.5 Å². The van der Waals surface area contributed by atoms with E-state index >= 15 is 0 Å². The average molecular weight is 573 g/mol. The highest BCUT2D eigenvalue weighted by molar-refractivity contribution is 5.97. The van der Waals surface area contributed by atoms with Crippen LogP contribution in [0.1, 0.15) is 58.5 Å². The monoisotopic (exact) mass is 572 g/mol. The number of Topliss-reactive ketones (excluding diaryl/α,β-unsaturated/α-hetero) is 1. The first kappa shape index (κ1) is 27.7. The van der Waals surface area contributed by atoms with E-state index in [1.54, 1.807) is 13.2 Å². The quantitative estimate of drug-likeness (QED) is 0.413. The summed E-state index contributed by atoms with van der Waals surface area (Å²) < 4.78 is 20.4. The second-order valence-corrected chi connectivity index (χ2v) is 14.2. The van der Waals surface area contributed by atoms with Crippen LogP contribution in [0.3, 0.4) is 0 Å². The van der Waals surface area contributed by atoms with E-state index in [0.29, 0.717) is 17.1 Å². The van der Waals surface area contributed by atoms with Crippen LogP contribution >= 0.6 is 0 Å². The molecule has 3 fully saturated rings. The van der Waals surface area contributed by atoms with Crippen LogP contribution in [0.15, 0.2) is 59.8 Å². The van der Waals surface area contributed by atoms with Gasteiger partial charge in [-0.2, -0.15) is 5.10 Å². The minimum absolute atomic E-state index is 0.0118. The van der Waals surface area contributed by atoms with Gasteiger partial charge in [0.2, 0.25) is 0 Å². The third kappa shape index (κ3) is 3.49. The van der Waals surface area contributed by atoms with Crippen LogP contribution in [0.5, 0.6) is 0 Å². The molecule has 1 aromatic heterocycles. The lowest BCUT2D eigenvalue weighted by molar-refractivity contribution is -0.302. The summed E-state index contributed by atoms with van der Waals surface area (Å²) in [4.78, 5) is 29.0. The van der Waals surface area contributed by atoms with Crippen LogP contribution in [0.25, 0.3) is 11.1 Å². The molecule has 1 N–H and O–H groups in total. The molecule has 8 heteroatoms. The van der Waals surface area contributed by atoms with Gasteiger partial charge in [0.25, 0.3) is 0 Å². The molecule has 0 amide bonds. The molecule has 8 atom stereocenters. The van der Waals surface area contributed by atoms with Crippen molar-refractivity contribution in [3.05, 3.63) is 65.5 Å². The van der Waals surface area contributed by atoms with Gasteiger partial charge in [-0.3, -0.25) is 9.48 Å². The Kier molecular flexibility index (Phi) is 5.77. The lowest BCUT2D eigenvalue weighted by Gasteiger charge is -2.52. The molecule has 1 saturated heterocycles. The summed E-state index contributed by atoms with van der Waals surface area (Å²) >= 11 is 0. The van der Waals surface area contributed by atoms with Crippen LogP contribution < -0.4 is 0 Å². The number of allylic oxidation sites excluding steroid dienone is 1. The predicted molar refractivity (Wildman–Crippen MR) is 155 cm³/mol. The molecule has 2 bridgehead atoms. The summed E-state index contributed by atoms with van der Waals surface area (Å²) in [5.74, 6) is -1.68. The normalized spacial score (nSPS) is 39.1. The molecule has 2 heterocycles. The number of rotatable bonds is 3. The van der Waals surface area contributed by atoms with Crippen molar-refractivity contribution in [2.45, 2.75) is 71.6 Å². The third-order valence-corrected chi connectivity index (χ3v) is 11.1. The number of carbonyl (C=O) groups is 2. The Balaban J connectivity index is 1.36. The zero-order chi connectivity index (χ0) is 30.0. The molecule has 1 spiro atoms. The van der Waals surface area contributed by atoms with E-state index in [0.717, 1.165) is 17.6 Å². The van der Waals surface area contributed by atoms with Crippen molar-refractivity contribution in [3.8, 4) is 11.1 Å². The first-order chi connectivity index (χ1) is 19.7. The van der Waals surface area contributed by atoms with Gasteiger partial charge in [-0.25, -0.2) is 4.79 Å². The Bertz CT molecular complexity index is 1550. The Morgan fingerprint density at radius 3 is 2.60 bits per heavy atom. The Hall–Kier alpha value is -3.07. The Morgan fingerprint density at radius 1 is 1.17 bits per heavy atom. The Morgan fingerprint density at radius 2 is 1.88 bits per heavy atom. The average Bonchev–Trinajstić information content (AvgIpc) is 3.20. The van der Waals surface area contributed by atoms with Crippen molar-refractivity contribution >= 4 is 11.8 Å². The molecule has 1 aliphatic heterocycles. The first-order valence-corrected chi connectivity index (χ1v) is 15.0. The van der Waals surface area contributed by atoms with Crippen molar-refractivity contribution in [2.75, 3.05) is 6.61 Å². The lowest BCUT2D eigenvalue weighted by Crippen LogP contribution is -2.68. The van der Waals surface area contributed by atoms with Crippen LogP contribution in [0.4, 0.5) is 0 Å². The fourth-order valence-electron chi connectivity index (χ4n) is 8.97. The predicted octanol–water partition coefficient (Wildman–Crippen LogP) is 4.88. The van der Waals surface area contributed by atoms with E-state index in [9.17, 15) is 14.7 Å².